The highest BCUT2D eigenvalue weighted by atomic mass is 19.4. The van der Waals surface area contributed by atoms with E-state index in [1.54, 1.807) is 24.0 Å². The zero-order valence-corrected chi connectivity index (χ0v) is 9.83. The van der Waals surface area contributed by atoms with Gasteiger partial charge in [0.2, 0.25) is 5.82 Å². The second-order valence-corrected chi connectivity index (χ2v) is 3.95. The van der Waals surface area contributed by atoms with Gasteiger partial charge in [-0.25, -0.2) is 9.67 Å². The minimum Gasteiger partial charge on any atom is -0.362 e. The van der Waals surface area contributed by atoms with E-state index in [4.69, 9.17) is 0 Å². The standard InChI is InChI=1S/C9H10F3N5O/c1-16(2)7-4-5(15-17(7)3)13-8(9(10,11)12)14-6(4)18/h1-3H3,(H,13,14,15,18). The Morgan fingerprint density at radius 1 is 1.33 bits per heavy atom. The number of rotatable bonds is 1. The lowest BCUT2D eigenvalue weighted by molar-refractivity contribution is -0.144. The van der Waals surface area contributed by atoms with E-state index < -0.39 is 17.6 Å². The monoisotopic (exact) mass is 261 g/mol. The summed E-state index contributed by atoms with van der Waals surface area (Å²) in [6.07, 6.45) is -4.71. The lowest BCUT2D eigenvalue weighted by Gasteiger charge is -2.11. The zero-order valence-electron chi connectivity index (χ0n) is 9.83. The van der Waals surface area contributed by atoms with Crippen LogP contribution in [0.4, 0.5) is 19.0 Å². The highest BCUT2D eigenvalue weighted by molar-refractivity contribution is 5.86. The van der Waals surface area contributed by atoms with Gasteiger partial charge in [-0.2, -0.15) is 18.3 Å². The van der Waals surface area contributed by atoms with Gasteiger partial charge in [0.05, 0.1) is 0 Å². The number of fused-ring (bicyclic) bond motifs is 1. The Labute approximate surface area is 99.0 Å². The van der Waals surface area contributed by atoms with Crippen molar-refractivity contribution in [1.82, 2.24) is 19.7 Å². The lowest BCUT2D eigenvalue weighted by Crippen LogP contribution is -2.20. The fraction of sp³-hybridized carbons (Fsp3) is 0.444. The average Bonchev–Trinajstić information content (AvgIpc) is 2.53. The maximum Gasteiger partial charge on any atom is 0.449 e. The molecule has 0 spiro atoms. The van der Waals surface area contributed by atoms with Gasteiger partial charge in [0.1, 0.15) is 11.2 Å². The molecule has 1 N–H and O–H groups in total. The van der Waals surface area contributed by atoms with Crippen LogP contribution in [0.2, 0.25) is 0 Å². The van der Waals surface area contributed by atoms with Crippen LogP contribution in [0, 0.1) is 0 Å². The van der Waals surface area contributed by atoms with Crippen molar-refractivity contribution in [3.8, 4) is 0 Å². The van der Waals surface area contributed by atoms with Crippen LogP contribution < -0.4 is 10.5 Å². The van der Waals surface area contributed by atoms with Crippen LogP contribution in [0.15, 0.2) is 4.79 Å². The van der Waals surface area contributed by atoms with Gasteiger partial charge in [0.15, 0.2) is 5.65 Å². The van der Waals surface area contributed by atoms with E-state index in [1.807, 2.05) is 0 Å². The molecule has 2 heterocycles. The van der Waals surface area contributed by atoms with E-state index in [9.17, 15) is 18.0 Å². The van der Waals surface area contributed by atoms with Gasteiger partial charge in [0.25, 0.3) is 5.56 Å². The van der Waals surface area contributed by atoms with E-state index >= 15 is 0 Å². The number of nitrogens with zero attached hydrogens (tertiary/aromatic N) is 4. The molecule has 0 bridgehead atoms. The van der Waals surface area contributed by atoms with Crippen molar-refractivity contribution in [1.29, 1.82) is 0 Å². The first kappa shape index (κ1) is 12.4. The minimum absolute atomic E-state index is 0.0375. The first-order valence-electron chi connectivity index (χ1n) is 4.93. The maximum atomic E-state index is 12.5. The molecule has 0 radical (unpaired) electrons. The number of nitrogens with one attached hydrogen (secondary N) is 1. The van der Waals surface area contributed by atoms with Crippen LogP contribution in [0.1, 0.15) is 5.82 Å². The van der Waals surface area contributed by atoms with Crippen LogP contribution in [0.25, 0.3) is 11.0 Å². The molecule has 2 rings (SSSR count). The topological polar surface area (TPSA) is 66.8 Å². The Bertz CT molecular complexity index is 654. The Kier molecular flexibility index (Phi) is 2.56. The molecule has 6 nitrogen and oxygen atoms in total. The minimum atomic E-state index is -4.71. The average molecular weight is 261 g/mol. The lowest BCUT2D eigenvalue weighted by atomic mass is 10.3. The van der Waals surface area contributed by atoms with Crippen molar-refractivity contribution in [3.63, 3.8) is 0 Å². The first-order valence-corrected chi connectivity index (χ1v) is 4.93. The Balaban J connectivity index is 2.83. The van der Waals surface area contributed by atoms with Crippen molar-refractivity contribution < 1.29 is 13.2 Å². The highest BCUT2D eigenvalue weighted by Gasteiger charge is 2.35. The van der Waals surface area contributed by atoms with E-state index in [0.29, 0.717) is 5.82 Å². The molecule has 0 saturated carbocycles. The van der Waals surface area contributed by atoms with Gasteiger partial charge in [-0.3, -0.25) is 4.79 Å². The van der Waals surface area contributed by atoms with E-state index in [0.717, 1.165) is 0 Å². The molecule has 0 fully saturated rings. The summed E-state index contributed by atoms with van der Waals surface area (Å²) < 4.78 is 38.8. The summed E-state index contributed by atoms with van der Waals surface area (Å²) >= 11 is 0. The van der Waals surface area contributed by atoms with Crippen LogP contribution in [-0.4, -0.2) is 33.8 Å². The highest BCUT2D eigenvalue weighted by Crippen LogP contribution is 2.27. The number of aromatic nitrogens is 4. The smallest absolute Gasteiger partial charge is 0.362 e. The van der Waals surface area contributed by atoms with Gasteiger partial charge in [-0.05, 0) is 0 Å². The molecule has 18 heavy (non-hydrogen) atoms. The summed E-state index contributed by atoms with van der Waals surface area (Å²) in [7, 11) is 4.85. The Morgan fingerprint density at radius 2 is 1.94 bits per heavy atom. The third kappa shape index (κ3) is 1.81. The van der Waals surface area contributed by atoms with Crippen molar-refractivity contribution >= 4 is 16.9 Å². The van der Waals surface area contributed by atoms with Crippen LogP contribution in [0.5, 0.6) is 0 Å². The summed E-state index contributed by atoms with van der Waals surface area (Å²) in [6, 6.07) is 0. The normalized spacial score (nSPS) is 12.1. The summed E-state index contributed by atoms with van der Waals surface area (Å²) in [6.45, 7) is 0. The van der Waals surface area contributed by atoms with E-state index in [2.05, 4.69) is 10.1 Å². The molecule has 0 amide bonds. The third-order valence-electron chi connectivity index (χ3n) is 2.37. The van der Waals surface area contributed by atoms with Crippen molar-refractivity contribution in [2.45, 2.75) is 6.18 Å². The molecule has 0 unspecified atom stereocenters. The molecule has 0 aliphatic heterocycles. The van der Waals surface area contributed by atoms with Crippen molar-refractivity contribution in [3.05, 3.63) is 16.2 Å². The molecule has 2 aromatic heterocycles. The van der Waals surface area contributed by atoms with Crippen molar-refractivity contribution in [2.75, 3.05) is 19.0 Å². The Hall–Kier alpha value is -2.06. The molecule has 2 aromatic rings. The third-order valence-corrected chi connectivity index (χ3v) is 2.37. The molecule has 0 aliphatic rings. The molecule has 0 aliphatic carbocycles. The summed E-state index contributed by atoms with van der Waals surface area (Å²) in [4.78, 5) is 18.4. The molecule has 9 heteroatoms. The van der Waals surface area contributed by atoms with Gasteiger partial charge < -0.3 is 9.88 Å². The van der Waals surface area contributed by atoms with E-state index in [-0.39, 0.29) is 11.0 Å². The van der Waals surface area contributed by atoms with Crippen LogP contribution >= 0.6 is 0 Å². The number of halogens is 3. The summed E-state index contributed by atoms with van der Waals surface area (Å²) in [5, 5.41) is 3.85. The molecular formula is C9H10F3N5O. The summed E-state index contributed by atoms with van der Waals surface area (Å²) in [5.74, 6) is -0.948. The second kappa shape index (κ2) is 3.72. The molecule has 98 valence electrons. The van der Waals surface area contributed by atoms with Crippen LogP contribution in [0.3, 0.4) is 0 Å². The number of H-pyrrole nitrogens is 1. The van der Waals surface area contributed by atoms with Gasteiger partial charge in [0, 0.05) is 21.1 Å². The predicted molar refractivity (Wildman–Crippen MR) is 58.5 cm³/mol. The number of anilines is 1. The Morgan fingerprint density at radius 3 is 2.44 bits per heavy atom. The molecule has 0 aromatic carbocycles. The molecule has 0 atom stereocenters. The van der Waals surface area contributed by atoms with Gasteiger partial charge >= 0.3 is 6.18 Å². The van der Waals surface area contributed by atoms with Crippen LogP contribution in [-0.2, 0) is 13.2 Å². The number of aryl methyl sites for hydroxylation is 1. The number of aromatic amines is 1. The predicted octanol–water partition coefficient (Wildman–Crippen LogP) is 0.741. The van der Waals surface area contributed by atoms with Gasteiger partial charge in [-0.15, -0.1) is 0 Å². The maximum absolute atomic E-state index is 12.5. The first-order chi connectivity index (χ1) is 8.21. The fourth-order valence-electron chi connectivity index (χ4n) is 1.73. The largest absolute Gasteiger partial charge is 0.449 e. The number of hydrogen-bond acceptors (Lipinski definition) is 4. The molecule has 0 saturated heterocycles. The summed E-state index contributed by atoms with van der Waals surface area (Å²) in [5.41, 5.74) is -1.08. The zero-order chi connectivity index (χ0) is 13.7. The quantitative estimate of drug-likeness (QED) is 0.822. The SMILES string of the molecule is CN(C)c1c2c(=O)[nH]c(C(F)(F)F)nc2nn1C. The number of hydrogen-bond donors (Lipinski definition) is 1. The fourth-order valence-corrected chi connectivity index (χ4v) is 1.73. The second-order valence-electron chi connectivity index (χ2n) is 3.95. The molecular weight excluding hydrogens is 251 g/mol. The van der Waals surface area contributed by atoms with Gasteiger partial charge in [-0.1, -0.05) is 0 Å². The van der Waals surface area contributed by atoms with E-state index in [1.165, 1.54) is 11.7 Å². The number of alkyl halides is 3. The van der Waals surface area contributed by atoms with Crippen molar-refractivity contribution in [2.24, 2.45) is 7.05 Å².